The van der Waals surface area contributed by atoms with E-state index in [4.69, 9.17) is 0 Å². The third kappa shape index (κ3) is 2.05. The van der Waals surface area contributed by atoms with Gasteiger partial charge in [-0.3, -0.25) is 0 Å². The molecule has 2 aliphatic heterocycles. The largest absolute Gasteiger partial charge is 0.468 e. The number of piperidine rings is 2. The van der Waals surface area contributed by atoms with Crippen molar-refractivity contribution in [3.63, 3.8) is 0 Å². The van der Waals surface area contributed by atoms with Gasteiger partial charge in [-0.05, 0) is 5.41 Å². The summed E-state index contributed by atoms with van der Waals surface area (Å²) in [6.45, 7) is 5.14. The Bertz CT molecular complexity index is 139. The fraction of sp³-hybridized carbons (Fsp3) is 0.818. The van der Waals surface area contributed by atoms with Gasteiger partial charge in [0.15, 0.2) is 0 Å². The van der Waals surface area contributed by atoms with Gasteiger partial charge >= 0.3 is 0 Å². The predicted octanol–water partition coefficient (Wildman–Crippen LogP) is -1.09. The number of hydrogen-bond donors (Lipinski definition) is 2. The van der Waals surface area contributed by atoms with Crippen LogP contribution in [0.5, 0.6) is 0 Å². The molecule has 2 heteroatoms. The molecule has 0 atom stereocenters. The smallest absolute Gasteiger partial charge is 0.0535 e. The fourth-order valence-corrected chi connectivity index (χ4v) is 2.77. The van der Waals surface area contributed by atoms with Crippen LogP contribution in [0.4, 0.5) is 0 Å². The Labute approximate surface area is 81.9 Å². The Morgan fingerprint density at radius 3 is 1.31 bits per heavy atom. The summed E-state index contributed by atoms with van der Waals surface area (Å²) in [7, 11) is 8.18. The average Bonchev–Trinajstić information content (AvgIpc) is 2.16. The van der Waals surface area contributed by atoms with E-state index in [1.165, 1.54) is 61.7 Å². The van der Waals surface area contributed by atoms with Gasteiger partial charge in [0, 0.05) is 25.7 Å². The molecule has 13 heavy (non-hydrogen) atoms. The molecule has 2 nitrogen and oxygen atoms in total. The molecule has 0 aromatic carbocycles. The molecular weight excluding hydrogens is 160 g/mol. The first-order valence-electron chi connectivity index (χ1n) is 5.54. The quantitative estimate of drug-likeness (QED) is 0.441. The van der Waals surface area contributed by atoms with Gasteiger partial charge in [-0.15, -0.1) is 0 Å². The maximum Gasteiger partial charge on any atom is 0.0535 e. The lowest BCUT2D eigenvalue weighted by Crippen LogP contribution is -3.10. The Morgan fingerprint density at radius 2 is 1.00 bits per heavy atom. The molecule has 2 heterocycles. The zero-order chi connectivity index (χ0) is 9.31. The van der Waals surface area contributed by atoms with Crippen LogP contribution in [0.15, 0.2) is 0 Å². The van der Waals surface area contributed by atoms with E-state index in [9.17, 15) is 0 Å². The summed E-state index contributed by atoms with van der Waals surface area (Å²) in [5.74, 6) is 0. The molecule has 0 unspecified atom stereocenters. The molecule has 2 aliphatic rings. The van der Waals surface area contributed by atoms with Crippen molar-refractivity contribution < 1.29 is 9.80 Å². The summed E-state index contributed by atoms with van der Waals surface area (Å²) >= 11 is 0. The number of rotatable bonds is 0. The van der Waals surface area contributed by atoms with Crippen LogP contribution in [-0.2, 0) is 0 Å². The molecule has 76 valence electrons. The second-order valence-electron chi connectivity index (χ2n) is 5.00. The Kier molecular flexibility index (Phi) is 2.61. The second-order valence-corrected chi connectivity index (χ2v) is 5.00. The molecule has 0 aliphatic carbocycles. The molecule has 2 saturated heterocycles. The minimum Gasteiger partial charge on any atom is -0.468 e. The number of nitrogens with one attached hydrogen (secondary N) is 2. The fourth-order valence-electron chi connectivity index (χ4n) is 2.77. The van der Waals surface area contributed by atoms with E-state index >= 15 is 0 Å². The van der Waals surface area contributed by atoms with Gasteiger partial charge in [-0.25, -0.2) is 0 Å². The van der Waals surface area contributed by atoms with Crippen molar-refractivity contribution in [2.45, 2.75) is 25.7 Å². The molecule has 2 rings (SSSR count). The van der Waals surface area contributed by atoms with Gasteiger partial charge in [0.2, 0.25) is 0 Å². The molecule has 0 saturated carbocycles. The molecule has 0 aromatic heterocycles. The van der Waals surface area contributed by atoms with Crippen LogP contribution in [0, 0.1) is 19.5 Å². The minimum absolute atomic E-state index is 0.697. The summed E-state index contributed by atoms with van der Waals surface area (Å²) in [5, 5.41) is 0. The summed E-state index contributed by atoms with van der Waals surface area (Å²) in [4.78, 5) is 2.96. The highest BCUT2D eigenvalue weighted by molar-refractivity contribution is 4.82. The first-order valence-corrected chi connectivity index (χ1v) is 5.54. The maximum absolute atomic E-state index is 4.09. The van der Waals surface area contributed by atoms with Crippen molar-refractivity contribution in [2.75, 3.05) is 26.2 Å². The van der Waals surface area contributed by atoms with E-state index in [2.05, 4.69) is 14.1 Å². The lowest BCUT2D eigenvalue weighted by atomic mass is 9.71. The minimum atomic E-state index is 0.697. The lowest BCUT2D eigenvalue weighted by Gasteiger charge is -2.45. The molecule has 2 fully saturated rings. The summed E-state index contributed by atoms with van der Waals surface area (Å²) < 4.78 is 0. The number of hydrogen-bond acceptors (Lipinski definition) is 0. The van der Waals surface area contributed by atoms with E-state index in [-0.39, 0.29) is 0 Å². The van der Waals surface area contributed by atoms with Gasteiger partial charge in [0.1, 0.15) is 0 Å². The van der Waals surface area contributed by atoms with Crippen LogP contribution in [0.25, 0.3) is 0 Å². The van der Waals surface area contributed by atoms with Crippen molar-refractivity contribution in [1.29, 1.82) is 0 Å². The number of likely N-dealkylation sites (tertiary alicyclic amines) is 2. The first kappa shape index (κ1) is 9.47. The van der Waals surface area contributed by atoms with E-state index < -0.39 is 0 Å². The lowest BCUT2D eigenvalue weighted by molar-refractivity contribution is -0.874. The van der Waals surface area contributed by atoms with Gasteiger partial charge in [-0.1, -0.05) is 0 Å². The van der Waals surface area contributed by atoms with Gasteiger partial charge < -0.3 is 9.80 Å². The van der Waals surface area contributed by atoms with Crippen LogP contribution in [0.1, 0.15) is 25.7 Å². The third-order valence-electron chi connectivity index (χ3n) is 4.04. The Balaban J connectivity index is 1.90. The molecule has 2 N–H and O–H groups in total. The summed E-state index contributed by atoms with van der Waals surface area (Å²) in [6.07, 6.45) is 5.61. The summed E-state index contributed by atoms with van der Waals surface area (Å²) in [5.41, 5.74) is 0.697. The van der Waals surface area contributed by atoms with Crippen LogP contribution < -0.4 is 9.80 Å². The number of quaternary nitrogens is 2. The van der Waals surface area contributed by atoms with Crippen molar-refractivity contribution in [2.24, 2.45) is 5.41 Å². The van der Waals surface area contributed by atoms with Crippen LogP contribution in [0.2, 0.25) is 0 Å². The van der Waals surface area contributed by atoms with Crippen LogP contribution in [-0.4, -0.2) is 26.2 Å². The zero-order valence-corrected chi connectivity index (χ0v) is 8.57. The second kappa shape index (κ2) is 3.58. The predicted molar refractivity (Wildman–Crippen MR) is 53.0 cm³/mol. The molecular formula is C11H22N2. The average molecular weight is 182 g/mol. The first-order chi connectivity index (χ1) is 6.20. The van der Waals surface area contributed by atoms with E-state index in [0.29, 0.717) is 5.41 Å². The Hall–Kier alpha value is -0.0800. The highest BCUT2D eigenvalue weighted by atomic mass is 15.1. The topological polar surface area (TPSA) is 8.88 Å². The SMILES string of the molecule is [CH2-][NH+]1CCC2(CC1)CC[NH+]([CH2-])CC2. The molecule has 0 aromatic rings. The van der Waals surface area contributed by atoms with E-state index in [1.54, 1.807) is 0 Å². The Morgan fingerprint density at radius 1 is 0.692 bits per heavy atom. The van der Waals surface area contributed by atoms with Gasteiger partial charge in [0.25, 0.3) is 0 Å². The van der Waals surface area contributed by atoms with E-state index in [1.807, 2.05) is 0 Å². The standard InChI is InChI=1S/C11H22N2/c1-12-7-3-11(4-8-12)5-9-13(2)10-6-11/h12-13H,1-10H2. The molecule has 0 bridgehead atoms. The van der Waals surface area contributed by atoms with Crippen molar-refractivity contribution in [3.8, 4) is 0 Å². The molecule has 0 radical (unpaired) electrons. The van der Waals surface area contributed by atoms with Gasteiger partial charge in [-0.2, -0.15) is 14.1 Å². The summed E-state index contributed by atoms with van der Waals surface area (Å²) in [6, 6.07) is 0. The molecule has 1 spiro atoms. The van der Waals surface area contributed by atoms with Crippen molar-refractivity contribution >= 4 is 0 Å². The molecule has 0 amide bonds. The zero-order valence-electron chi connectivity index (χ0n) is 8.57. The normalized spacial score (nSPS) is 46.6. The van der Waals surface area contributed by atoms with Crippen molar-refractivity contribution in [1.82, 2.24) is 0 Å². The van der Waals surface area contributed by atoms with Gasteiger partial charge in [0.05, 0.1) is 26.2 Å². The van der Waals surface area contributed by atoms with Crippen LogP contribution in [0.3, 0.4) is 0 Å². The third-order valence-corrected chi connectivity index (χ3v) is 4.04. The highest BCUT2D eigenvalue weighted by Crippen LogP contribution is 2.35. The van der Waals surface area contributed by atoms with E-state index in [0.717, 1.165) is 0 Å². The monoisotopic (exact) mass is 182 g/mol. The highest BCUT2D eigenvalue weighted by Gasteiger charge is 2.37. The van der Waals surface area contributed by atoms with Crippen LogP contribution >= 0.6 is 0 Å². The maximum atomic E-state index is 4.09. The van der Waals surface area contributed by atoms with Crippen molar-refractivity contribution in [3.05, 3.63) is 14.1 Å².